The fourth-order valence-corrected chi connectivity index (χ4v) is 1.90. The van der Waals surface area contributed by atoms with E-state index in [1.165, 1.54) is 6.92 Å². The summed E-state index contributed by atoms with van der Waals surface area (Å²) in [4.78, 5) is 13.8. The standard InChI is InChI=1S/C11H11F2N3O3/c1-11(9(13)5-19-10(14)15-11)7-4-6(16(17)18)2-3-8(7)12/h2-4,9H,5H2,1H3,(H2,14,15)/t9-,11-/m1/s1. The Kier molecular flexibility index (Phi) is 3.09. The molecule has 1 heterocycles. The van der Waals surface area contributed by atoms with E-state index in [1.54, 1.807) is 0 Å². The maximum Gasteiger partial charge on any atom is 0.283 e. The molecule has 102 valence electrons. The maximum atomic E-state index is 14.0. The molecule has 0 spiro atoms. The molecule has 1 aliphatic rings. The molecule has 0 saturated carbocycles. The van der Waals surface area contributed by atoms with E-state index >= 15 is 0 Å². The third-order valence-corrected chi connectivity index (χ3v) is 3.04. The monoisotopic (exact) mass is 271 g/mol. The minimum absolute atomic E-state index is 0.222. The maximum absolute atomic E-state index is 14.0. The fourth-order valence-electron chi connectivity index (χ4n) is 1.90. The first-order chi connectivity index (χ1) is 8.84. The summed E-state index contributed by atoms with van der Waals surface area (Å²) in [5.74, 6) is -0.783. The molecule has 1 aliphatic heterocycles. The van der Waals surface area contributed by atoms with Crippen molar-refractivity contribution < 1.29 is 18.4 Å². The summed E-state index contributed by atoms with van der Waals surface area (Å²) >= 11 is 0. The molecule has 0 bridgehead atoms. The highest BCUT2D eigenvalue weighted by Gasteiger charge is 2.43. The van der Waals surface area contributed by atoms with Gasteiger partial charge in [-0.1, -0.05) is 0 Å². The van der Waals surface area contributed by atoms with Crippen molar-refractivity contribution in [3.63, 3.8) is 0 Å². The predicted octanol–water partition coefficient (Wildman–Crippen LogP) is 1.63. The highest BCUT2D eigenvalue weighted by Crippen LogP contribution is 2.37. The third-order valence-electron chi connectivity index (χ3n) is 3.04. The van der Waals surface area contributed by atoms with Crippen molar-refractivity contribution in [3.05, 3.63) is 39.7 Å². The second-order valence-corrected chi connectivity index (χ2v) is 4.30. The van der Waals surface area contributed by atoms with Crippen LogP contribution in [0.5, 0.6) is 0 Å². The molecule has 2 atom stereocenters. The molecule has 1 aromatic rings. The van der Waals surface area contributed by atoms with E-state index in [4.69, 9.17) is 10.5 Å². The molecule has 8 heteroatoms. The number of nitro benzene ring substituents is 1. The Morgan fingerprint density at radius 3 is 2.95 bits per heavy atom. The Hall–Kier alpha value is -2.25. The summed E-state index contributed by atoms with van der Waals surface area (Å²) in [6, 6.07) is 2.60. The van der Waals surface area contributed by atoms with Gasteiger partial charge < -0.3 is 10.5 Å². The van der Waals surface area contributed by atoms with Gasteiger partial charge in [0.15, 0.2) is 6.17 Å². The lowest BCUT2D eigenvalue weighted by atomic mass is 9.86. The Morgan fingerprint density at radius 1 is 1.63 bits per heavy atom. The summed E-state index contributed by atoms with van der Waals surface area (Å²) in [5.41, 5.74) is 3.16. The molecule has 0 aromatic heterocycles. The molecule has 2 rings (SSSR count). The van der Waals surface area contributed by atoms with Crippen LogP contribution < -0.4 is 5.73 Å². The molecular weight excluding hydrogens is 260 g/mol. The lowest BCUT2D eigenvalue weighted by Gasteiger charge is -2.33. The van der Waals surface area contributed by atoms with Crippen molar-refractivity contribution >= 4 is 11.7 Å². The molecule has 1 aromatic carbocycles. The van der Waals surface area contributed by atoms with Crippen molar-refractivity contribution in [2.45, 2.75) is 18.6 Å². The molecule has 0 fully saturated rings. The average molecular weight is 271 g/mol. The Balaban J connectivity index is 2.59. The van der Waals surface area contributed by atoms with Gasteiger partial charge in [-0.05, 0) is 13.0 Å². The van der Waals surface area contributed by atoms with Crippen LogP contribution in [0.1, 0.15) is 12.5 Å². The van der Waals surface area contributed by atoms with E-state index < -0.39 is 22.5 Å². The first-order valence-corrected chi connectivity index (χ1v) is 5.41. The minimum Gasteiger partial charge on any atom is -0.462 e. The Morgan fingerprint density at radius 2 is 2.32 bits per heavy atom. The third kappa shape index (κ3) is 2.20. The number of nitro groups is 1. The molecular formula is C11H11F2N3O3. The summed E-state index contributed by atoms with van der Waals surface area (Å²) in [5, 5.41) is 10.7. The van der Waals surface area contributed by atoms with Gasteiger partial charge in [-0.3, -0.25) is 10.1 Å². The van der Waals surface area contributed by atoms with Crippen LogP contribution >= 0.6 is 0 Å². The van der Waals surface area contributed by atoms with Gasteiger partial charge in [-0.25, -0.2) is 13.8 Å². The van der Waals surface area contributed by atoms with Crippen LogP contribution in [-0.2, 0) is 10.3 Å². The lowest BCUT2D eigenvalue weighted by molar-refractivity contribution is -0.385. The minimum atomic E-state index is -1.66. The second-order valence-electron chi connectivity index (χ2n) is 4.30. The molecule has 0 unspecified atom stereocenters. The fraction of sp³-hybridized carbons (Fsp3) is 0.364. The van der Waals surface area contributed by atoms with Crippen molar-refractivity contribution in [3.8, 4) is 0 Å². The van der Waals surface area contributed by atoms with E-state index in [-0.39, 0.29) is 23.9 Å². The second kappa shape index (κ2) is 4.45. The topological polar surface area (TPSA) is 90.8 Å². The number of nitrogens with zero attached hydrogens (tertiary/aromatic N) is 2. The SMILES string of the molecule is C[C@]1(c2cc([N+](=O)[O-])ccc2F)N=C(N)OC[C@H]1F. The predicted molar refractivity (Wildman–Crippen MR) is 62.9 cm³/mol. The van der Waals surface area contributed by atoms with Crippen LogP contribution in [0, 0.1) is 15.9 Å². The summed E-state index contributed by atoms with van der Waals surface area (Å²) in [6.07, 6.45) is -1.66. The Bertz CT molecular complexity index is 564. The highest BCUT2D eigenvalue weighted by molar-refractivity contribution is 5.73. The molecule has 0 radical (unpaired) electrons. The van der Waals surface area contributed by atoms with Crippen molar-refractivity contribution in [1.82, 2.24) is 0 Å². The number of hydrogen-bond acceptors (Lipinski definition) is 5. The van der Waals surface area contributed by atoms with Gasteiger partial charge in [0.1, 0.15) is 18.0 Å². The van der Waals surface area contributed by atoms with Gasteiger partial charge in [0, 0.05) is 17.7 Å². The van der Waals surface area contributed by atoms with E-state index in [0.717, 1.165) is 18.2 Å². The summed E-state index contributed by atoms with van der Waals surface area (Å²) in [7, 11) is 0. The largest absolute Gasteiger partial charge is 0.462 e. The molecule has 19 heavy (non-hydrogen) atoms. The number of ether oxygens (including phenoxy) is 1. The normalized spacial score (nSPS) is 26.5. The van der Waals surface area contributed by atoms with Crippen LogP contribution in [0.4, 0.5) is 14.5 Å². The van der Waals surface area contributed by atoms with Gasteiger partial charge in [-0.2, -0.15) is 0 Å². The Labute approximate surface area is 107 Å². The van der Waals surface area contributed by atoms with Gasteiger partial charge in [0.05, 0.1) is 4.92 Å². The molecule has 0 amide bonds. The first-order valence-electron chi connectivity index (χ1n) is 5.41. The van der Waals surface area contributed by atoms with Crippen molar-refractivity contribution in [2.75, 3.05) is 6.61 Å². The highest BCUT2D eigenvalue weighted by atomic mass is 19.1. The molecule has 0 saturated heterocycles. The van der Waals surface area contributed by atoms with E-state index in [1.807, 2.05) is 0 Å². The number of rotatable bonds is 2. The number of aliphatic imine (C=N–C) groups is 1. The smallest absolute Gasteiger partial charge is 0.283 e. The number of alkyl halides is 1. The zero-order valence-electron chi connectivity index (χ0n) is 9.97. The van der Waals surface area contributed by atoms with Gasteiger partial charge >= 0.3 is 0 Å². The number of amidine groups is 1. The van der Waals surface area contributed by atoms with Crippen LogP contribution in [0.2, 0.25) is 0 Å². The van der Waals surface area contributed by atoms with Crippen LogP contribution in [0.25, 0.3) is 0 Å². The van der Waals surface area contributed by atoms with Crippen molar-refractivity contribution in [1.29, 1.82) is 0 Å². The van der Waals surface area contributed by atoms with Crippen LogP contribution in [0.3, 0.4) is 0 Å². The van der Waals surface area contributed by atoms with Gasteiger partial charge in [0.25, 0.3) is 11.7 Å². The lowest BCUT2D eigenvalue weighted by Crippen LogP contribution is -2.43. The van der Waals surface area contributed by atoms with Gasteiger partial charge in [-0.15, -0.1) is 0 Å². The van der Waals surface area contributed by atoms with Crippen LogP contribution in [0.15, 0.2) is 23.2 Å². The number of hydrogen-bond donors (Lipinski definition) is 1. The quantitative estimate of drug-likeness (QED) is 0.653. The van der Waals surface area contributed by atoms with E-state index in [9.17, 15) is 18.9 Å². The number of benzene rings is 1. The van der Waals surface area contributed by atoms with Crippen LogP contribution in [-0.4, -0.2) is 23.7 Å². The summed E-state index contributed by atoms with van der Waals surface area (Å²) < 4.78 is 32.5. The summed E-state index contributed by atoms with van der Waals surface area (Å²) in [6.45, 7) is 0.934. The molecule has 2 N–H and O–H groups in total. The van der Waals surface area contributed by atoms with E-state index in [2.05, 4.69) is 4.99 Å². The zero-order valence-corrected chi connectivity index (χ0v) is 9.97. The number of halogens is 2. The molecule has 6 nitrogen and oxygen atoms in total. The first kappa shape index (κ1) is 13.2. The zero-order chi connectivity index (χ0) is 14.2. The number of nitrogens with two attached hydrogens (primary N) is 1. The van der Waals surface area contributed by atoms with Crippen molar-refractivity contribution in [2.24, 2.45) is 10.7 Å². The van der Waals surface area contributed by atoms with E-state index in [0.29, 0.717) is 0 Å². The molecule has 0 aliphatic carbocycles. The number of non-ortho nitro benzene ring substituents is 1. The van der Waals surface area contributed by atoms with Gasteiger partial charge in [0.2, 0.25) is 0 Å². The average Bonchev–Trinajstić information content (AvgIpc) is 2.34.